The van der Waals surface area contributed by atoms with Crippen molar-refractivity contribution in [1.29, 1.82) is 0 Å². The molecule has 0 aliphatic carbocycles. The first-order valence-corrected chi connectivity index (χ1v) is 9.27. The van der Waals surface area contributed by atoms with Gasteiger partial charge in [-0.2, -0.15) is 0 Å². The monoisotopic (exact) mass is 350 g/mol. The molecule has 1 aromatic heterocycles. The minimum absolute atomic E-state index is 0.746. The summed E-state index contributed by atoms with van der Waals surface area (Å²) < 4.78 is 4.79. The average molecular weight is 350 g/mol. The first-order valence-electron chi connectivity index (χ1n) is 8.86. The largest absolute Gasteiger partial charge is 0.284 e. The van der Waals surface area contributed by atoms with Gasteiger partial charge in [0, 0.05) is 11.3 Å². The molecule has 0 spiro atoms. The van der Waals surface area contributed by atoms with Crippen LogP contribution >= 0.6 is 12.2 Å². The van der Waals surface area contributed by atoms with E-state index in [0.29, 0.717) is 0 Å². The van der Waals surface area contributed by atoms with Crippen LogP contribution in [0.1, 0.15) is 19.3 Å². The Morgan fingerprint density at radius 2 is 1.48 bits per heavy atom. The number of hydrogen-bond acceptors (Lipinski definition) is 3. The molecule has 128 valence electrons. The number of piperidine rings is 1. The molecule has 0 atom stereocenters. The lowest BCUT2D eigenvalue weighted by Gasteiger charge is -2.25. The van der Waals surface area contributed by atoms with Crippen LogP contribution in [0.5, 0.6) is 0 Å². The first-order chi connectivity index (χ1) is 12.3. The van der Waals surface area contributed by atoms with Crippen LogP contribution in [0.15, 0.2) is 60.7 Å². The molecule has 25 heavy (non-hydrogen) atoms. The van der Waals surface area contributed by atoms with E-state index in [1.165, 1.54) is 19.3 Å². The molecule has 2 aromatic carbocycles. The van der Waals surface area contributed by atoms with Crippen LogP contribution in [0, 0.1) is 4.77 Å². The van der Waals surface area contributed by atoms with E-state index >= 15 is 0 Å². The second kappa shape index (κ2) is 7.33. The topological polar surface area (TPSA) is 26.0 Å². The summed E-state index contributed by atoms with van der Waals surface area (Å²) in [6, 6.07) is 20.5. The Morgan fingerprint density at radius 1 is 0.840 bits per heavy atom. The maximum atomic E-state index is 5.80. The average Bonchev–Trinajstić information content (AvgIpc) is 3.00. The molecule has 4 rings (SSSR count). The Balaban J connectivity index is 1.79. The van der Waals surface area contributed by atoms with Crippen LogP contribution in [0.3, 0.4) is 0 Å². The third-order valence-electron chi connectivity index (χ3n) is 4.67. The van der Waals surface area contributed by atoms with Gasteiger partial charge in [-0.3, -0.25) is 9.47 Å². The summed E-state index contributed by atoms with van der Waals surface area (Å²) in [4.78, 5) is 2.44. The van der Waals surface area contributed by atoms with E-state index in [0.717, 1.165) is 41.6 Å². The standard InChI is InChI=1S/C20H22N4S/c25-20-23(16-22-14-8-3-9-15-22)21-19(17-10-4-1-5-11-17)24(20)18-12-6-2-7-13-18/h1-2,4-7,10-13H,3,8-9,14-16H2. The Kier molecular flexibility index (Phi) is 4.76. The Bertz CT molecular complexity index is 877. The van der Waals surface area contributed by atoms with E-state index < -0.39 is 0 Å². The van der Waals surface area contributed by atoms with Crippen LogP contribution < -0.4 is 0 Å². The SMILES string of the molecule is S=c1n(CN2CCCCC2)nc(-c2ccccc2)n1-c1ccccc1. The number of aromatic nitrogens is 3. The van der Waals surface area contributed by atoms with Gasteiger partial charge < -0.3 is 0 Å². The summed E-state index contributed by atoms with van der Waals surface area (Å²) >= 11 is 5.80. The van der Waals surface area contributed by atoms with Gasteiger partial charge in [-0.1, -0.05) is 55.0 Å². The predicted molar refractivity (Wildman–Crippen MR) is 103 cm³/mol. The van der Waals surface area contributed by atoms with Gasteiger partial charge in [0.2, 0.25) is 4.77 Å². The maximum absolute atomic E-state index is 5.80. The van der Waals surface area contributed by atoms with Crippen LogP contribution in [0.2, 0.25) is 0 Å². The predicted octanol–water partition coefficient (Wildman–Crippen LogP) is 4.51. The lowest BCUT2D eigenvalue weighted by atomic mass is 10.1. The molecule has 4 nitrogen and oxygen atoms in total. The van der Waals surface area contributed by atoms with Crippen LogP contribution in [0.25, 0.3) is 17.1 Å². The molecule has 1 aliphatic heterocycles. The molecule has 0 N–H and O–H groups in total. The minimum atomic E-state index is 0.746. The van der Waals surface area contributed by atoms with E-state index in [1.54, 1.807) is 0 Å². The van der Waals surface area contributed by atoms with Crippen molar-refractivity contribution in [3.8, 4) is 17.1 Å². The third kappa shape index (κ3) is 3.43. The van der Waals surface area contributed by atoms with Gasteiger partial charge in [0.15, 0.2) is 5.82 Å². The summed E-state index contributed by atoms with van der Waals surface area (Å²) in [6.07, 6.45) is 3.85. The Morgan fingerprint density at radius 3 is 2.16 bits per heavy atom. The molecule has 3 aromatic rings. The highest BCUT2D eigenvalue weighted by molar-refractivity contribution is 7.71. The van der Waals surface area contributed by atoms with Crippen molar-refractivity contribution in [2.45, 2.75) is 25.9 Å². The number of rotatable bonds is 4. The fourth-order valence-corrected chi connectivity index (χ4v) is 3.66. The van der Waals surface area contributed by atoms with Gasteiger partial charge in [-0.15, -0.1) is 5.10 Å². The molecule has 1 fully saturated rings. The van der Waals surface area contributed by atoms with Crippen molar-refractivity contribution in [3.05, 3.63) is 65.4 Å². The second-order valence-corrected chi connectivity index (χ2v) is 6.83. The molecular formula is C20H22N4S. The van der Waals surface area contributed by atoms with Crippen LogP contribution in [-0.4, -0.2) is 32.3 Å². The van der Waals surface area contributed by atoms with E-state index in [1.807, 2.05) is 41.1 Å². The van der Waals surface area contributed by atoms with Crippen LogP contribution in [0.4, 0.5) is 0 Å². The van der Waals surface area contributed by atoms with E-state index in [4.69, 9.17) is 17.3 Å². The zero-order valence-corrected chi connectivity index (χ0v) is 15.0. The first kappa shape index (κ1) is 16.2. The highest BCUT2D eigenvalue weighted by Gasteiger charge is 2.17. The zero-order chi connectivity index (χ0) is 17.1. The van der Waals surface area contributed by atoms with E-state index in [2.05, 4.69) is 33.7 Å². The Labute approximate surface area is 153 Å². The molecular weight excluding hydrogens is 328 g/mol. The van der Waals surface area contributed by atoms with E-state index in [-0.39, 0.29) is 0 Å². The van der Waals surface area contributed by atoms with Gasteiger partial charge in [0.1, 0.15) is 0 Å². The molecule has 0 radical (unpaired) electrons. The fourth-order valence-electron chi connectivity index (χ4n) is 3.37. The normalized spacial score (nSPS) is 15.4. The van der Waals surface area contributed by atoms with Crippen molar-refractivity contribution in [1.82, 2.24) is 19.2 Å². The Hall–Kier alpha value is -2.24. The summed E-state index contributed by atoms with van der Waals surface area (Å²) in [5.74, 6) is 0.897. The summed E-state index contributed by atoms with van der Waals surface area (Å²) in [5, 5.41) is 4.88. The van der Waals surface area contributed by atoms with Crippen molar-refractivity contribution in [3.63, 3.8) is 0 Å². The molecule has 0 unspecified atom stereocenters. The van der Waals surface area contributed by atoms with Crippen molar-refractivity contribution in [2.24, 2.45) is 0 Å². The number of para-hydroxylation sites is 1. The highest BCUT2D eigenvalue weighted by Crippen LogP contribution is 2.23. The smallest absolute Gasteiger partial charge is 0.204 e. The lowest BCUT2D eigenvalue weighted by Crippen LogP contribution is -2.32. The molecule has 0 amide bonds. The van der Waals surface area contributed by atoms with E-state index in [9.17, 15) is 0 Å². The fraction of sp³-hybridized carbons (Fsp3) is 0.300. The molecule has 1 aliphatic rings. The highest BCUT2D eigenvalue weighted by atomic mass is 32.1. The summed E-state index contributed by atoms with van der Waals surface area (Å²) in [7, 11) is 0. The van der Waals surface area contributed by atoms with Crippen molar-refractivity contribution >= 4 is 12.2 Å². The van der Waals surface area contributed by atoms with Gasteiger partial charge in [-0.05, 0) is 50.3 Å². The van der Waals surface area contributed by atoms with Crippen LogP contribution in [-0.2, 0) is 6.67 Å². The minimum Gasteiger partial charge on any atom is -0.284 e. The van der Waals surface area contributed by atoms with Gasteiger partial charge in [-0.25, -0.2) is 4.68 Å². The quantitative estimate of drug-likeness (QED) is 0.647. The van der Waals surface area contributed by atoms with Gasteiger partial charge in [0.25, 0.3) is 0 Å². The maximum Gasteiger partial charge on any atom is 0.204 e. The number of hydrogen-bond donors (Lipinski definition) is 0. The molecule has 2 heterocycles. The molecule has 5 heteroatoms. The van der Waals surface area contributed by atoms with Gasteiger partial charge in [0.05, 0.1) is 6.67 Å². The molecule has 0 bridgehead atoms. The number of nitrogens with zero attached hydrogens (tertiary/aromatic N) is 4. The lowest BCUT2D eigenvalue weighted by molar-refractivity contribution is 0.172. The zero-order valence-electron chi connectivity index (χ0n) is 14.2. The number of likely N-dealkylation sites (tertiary alicyclic amines) is 1. The second-order valence-electron chi connectivity index (χ2n) is 6.46. The van der Waals surface area contributed by atoms with Crippen molar-refractivity contribution < 1.29 is 0 Å². The van der Waals surface area contributed by atoms with Crippen molar-refractivity contribution in [2.75, 3.05) is 13.1 Å². The molecule has 0 saturated carbocycles. The molecule has 1 saturated heterocycles. The summed E-state index contributed by atoms with van der Waals surface area (Å²) in [6.45, 7) is 3.01. The third-order valence-corrected chi connectivity index (χ3v) is 5.06. The van der Waals surface area contributed by atoms with Gasteiger partial charge >= 0.3 is 0 Å². The summed E-state index contributed by atoms with van der Waals surface area (Å²) in [5.41, 5.74) is 2.13. The number of benzene rings is 2.